The minimum absolute atomic E-state index is 0.101. The SMILES string of the molecule is CC(C)(O)C(C)(C)N1CC2(CCCCC2)C1. The Kier molecular flexibility index (Phi) is 2.87. The monoisotopic (exact) mass is 225 g/mol. The normalized spacial score (nSPS) is 26.8. The van der Waals surface area contributed by atoms with Crippen LogP contribution < -0.4 is 0 Å². The van der Waals surface area contributed by atoms with Crippen molar-refractivity contribution in [3.05, 3.63) is 0 Å². The van der Waals surface area contributed by atoms with Gasteiger partial charge in [0, 0.05) is 18.6 Å². The van der Waals surface area contributed by atoms with Gasteiger partial charge in [0.2, 0.25) is 0 Å². The number of rotatable bonds is 2. The molecule has 0 amide bonds. The first kappa shape index (κ1) is 12.4. The molecule has 1 aliphatic heterocycles. The van der Waals surface area contributed by atoms with Gasteiger partial charge in [-0.1, -0.05) is 19.3 Å². The zero-order valence-corrected chi connectivity index (χ0v) is 11.3. The van der Waals surface area contributed by atoms with Crippen LogP contribution in [0.1, 0.15) is 59.8 Å². The molecule has 1 aliphatic carbocycles. The zero-order chi connectivity index (χ0) is 12.0. The third-order valence-electron chi connectivity index (χ3n) is 5.25. The summed E-state index contributed by atoms with van der Waals surface area (Å²) < 4.78 is 0. The van der Waals surface area contributed by atoms with E-state index in [1.54, 1.807) is 0 Å². The summed E-state index contributed by atoms with van der Waals surface area (Å²) in [7, 11) is 0. The number of hydrogen-bond donors (Lipinski definition) is 1. The molecule has 0 unspecified atom stereocenters. The van der Waals surface area contributed by atoms with Crippen LogP contribution in [-0.2, 0) is 0 Å². The maximum Gasteiger partial charge on any atom is 0.0769 e. The van der Waals surface area contributed by atoms with E-state index in [0.717, 1.165) is 0 Å². The molecular formula is C14H27NO. The lowest BCUT2D eigenvalue weighted by Gasteiger charge is -2.61. The van der Waals surface area contributed by atoms with Crippen LogP contribution in [0.15, 0.2) is 0 Å². The lowest BCUT2D eigenvalue weighted by molar-refractivity contribution is -0.152. The molecule has 1 heterocycles. The van der Waals surface area contributed by atoms with Crippen LogP contribution in [0.3, 0.4) is 0 Å². The average molecular weight is 225 g/mol. The van der Waals surface area contributed by atoms with Crippen molar-refractivity contribution in [2.24, 2.45) is 5.41 Å². The fourth-order valence-corrected chi connectivity index (χ4v) is 3.16. The molecule has 0 aromatic carbocycles. The van der Waals surface area contributed by atoms with Crippen LogP contribution in [0, 0.1) is 5.41 Å². The molecule has 1 spiro atoms. The molecule has 0 atom stereocenters. The van der Waals surface area contributed by atoms with E-state index < -0.39 is 5.60 Å². The van der Waals surface area contributed by atoms with Crippen molar-refractivity contribution in [2.45, 2.75) is 70.9 Å². The van der Waals surface area contributed by atoms with Gasteiger partial charge in [-0.25, -0.2) is 0 Å². The van der Waals surface area contributed by atoms with E-state index in [1.165, 1.54) is 45.2 Å². The van der Waals surface area contributed by atoms with E-state index in [0.29, 0.717) is 5.41 Å². The van der Waals surface area contributed by atoms with Crippen LogP contribution in [-0.4, -0.2) is 34.2 Å². The van der Waals surface area contributed by atoms with Crippen molar-refractivity contribution in [1.82, 2.24) is 4.90 Å². The standard InChI is InChI=1S/C14H27NO/c1-12(2,13(3,4)16)15-10-14(11-15)8-6-5-7-9-14/h16H,5-11H2,1-4H3. The molecule has 0 bridgehead atoms. The molecule has 2 nitrogen and oxygen atoms in total. The van der Waals surface area contributed by atoms with Gasteiger partial charge >= 0.3 is 0 Å². The van der Waals surface area contributed by atoms with Crippen molar-refractivity contribution in [3.8, 4) is 0 Å². The van der Waals surface area contributed by atoms with E-state index in [9.17, 15) is 5.11 Å². The van der Waals surface area contributed by atoms with Crippen LogP contribution in [0.4, 0.5) is 0 Å². The predicted molar refractivity (Wildman–Crippen MR) is 67.5 cm³/mol. The fraction of sp³-hybridized carbons (Fsp3) is 1.00. The summed E-state index contributed by atoms with van der Waals surface area (Å²) in [5.41, 5.74) is -0.111. The van der Waals surface area contributed by atoms with E-state index in [1.807, 2.05) is 13.8 Å². The van der Waals surface area contributed by atoms with Crippen LogP contribution in [0.25, 0.3) is 0 Å². The van der Waals surface area contributed by atoms with E-state index in [-0.39, 0.29) is 5.54 Å². The van der Waals surface area contributed by atoms with Crippen molar-refractivity contribution >= 4 is 0 Å². The largest absolute Gasteiger partial charge is 0.389 e. The Labute approximate surface area is 100 Å². The van der Waals surface area contributed by atoms with Crippen molar-refractivity contribution in [1.29, 1.82) is 0 Å². The topological polar surface area (TPSA) is 23.5 Å². The summed E-state index contributed by atoms with van der Waals surface area (Å²) in [6.07, 6.45) is 7.07. The average Bonchev–Trinajstić information content (AvgIpc) is 2.13. The van der Waals surface area contributed by atoms with Gasteiger partial charge in [-0.15, -0.1) is 0 Å². The van der Waals surface area contributed by atoms with Gasteiger partial charge in [0.15, 0.2) is 0 Å². The van der Waals surface area contributed by atoms with E-state index in [4.69, 9.17) is 0 Å². The molecule has 1 N–H and O–H groups in total. The van der Waals surface area contributed by atoms with Crippen LogP contribution in [0.2, 0.25) is 0 Å². The van der Waals surface area contributed by atoms with Gasteiger partial charge in [-0.3, -0.25) is 4.90 Å². The molecule has 2 fully saturated rings. The molecule has 1 saturated heterocycles. The van der Waals surface area contributed by atoms with E-state index >= 15 is 0 Å². The molecule has 16 heavy (non-hydrogen) atoms. The Morgan fingerprint density at radius 3 is 1.88 bits per heavy atom. The van der Waals surface area contributed by atoms with Crippen LogP contribution >= 0.6 is 0 Å². The molecule has 0 aromatic rings. The van der Waals surface area contributed by atoms with Gasteiger partial charge in [-0.05, 0) is 46.0 Å². The highest BCUT2D eigenvalue weighted by Gasteiger charge is 2.52. The van der Waals surface area contributed by atoms with Crippen molar-refractivity contribution in [2.75, 3.05) is 13.1 Å². The summed E-state index contributed by atoms with van der Waals surface area (Å²) in [6, 6.07) is 0. The van der Waals surface area contributed by atoms with Gasteiger partial charge < -0.3 is 5.11 Å². The zero-order valence-electron chi connectivity index (χ0n) is 11.3. The highest BCUT2D eigenvalue weighted by molar-refractivity contribution is 5.06. The Bertz CT molecular complexity index is 250. The second-order valence-electron chi connectivity index (χ2n) is 7.03. The Morgan fingerprint density at radius 2 is 1.44 bits per heavy atom. The summed E-state index contributed by atoms with van der Waals surface area (Å²) >= 11 is 0. The molecule has 2 heteroatoms. The molecular weight excluding hydrogens is 198 g/mol. The first-order chi connectivity index (χ1) is 7.27. The quantitative estimate of drug-likeness (QED) is 0.781. The number of nitrogens with zero attached hydrogens (tertiary/aromatic N) is 1. The minimum atomic E-state index is -0.622. The minimum Gasteiger partial charge on any atom is -0.389 e. The molecule has 94 valence electrons. The summed E-state index contributed by atoms with van der Waals surface area (Å²) in [5.74, 6) is 0. The number of aliphatic hydroxyl groups is 1. The highest BCUT2D eigenvalue weighted by Crippen LogP contribution is 2.47. The number of hydrogen-bond acceptors (Lipinski definition) is 2. The summed E-state index contributed by atoms with van der Waals surface area (Å²) in [6.45, 7) is 10.6. The fourth-order valence-electron chi connectivity index (χ4n) is 3.16. The first-order valence-corrected chi connectivity index (χ1v) is 6.74. The first-order valence-electron chi connectivity index (χ1n) is 6.74. The van der Waals surface area contributed by atoms with E-state index in [2.05, 4.69) is 18.7 Å². The molecule has 1 saturated carbocycles. The third kappa shape index (κ3) is 1.91. The maximum atomic E-state index is 10.2. The second kappa shape index (κ2) is 3.71. The Balaban J connectivity index is 1.97. The van der Waals surface area contributed by atoms with Gasteiger partial charge in [-0.2, -0.15) is 0 Å². The molecule has 0 aromatic heterocycles. The lowest BCUT2D eigenvalue weighted by atomic mass is 9.66. The van der Waals surface area contributed by atoms with Gasteiger partial charge in [0.25, 0.3) is 0 Å². The molecule has 0 radical (unpaired) electrons. The van der Waals surface area contributed by atoms with Crippen molar-refractivity contribution < 1.29 is 5.11 Å². The number of likely N-dealkylation sites (tertiary alicyclic amines) is 1. The van der Waals surface area contributed by atoms with Gasteiger partial charge in [0.05, 0.1) is 5.60 Å². The molecule has 2 rings (SSSR count). The summed E-state index contributed by atoms with van der Waals surface area (Å²) in [4.78, 5) is 2.47. The Hall–Kier alpha value is -0.0800. The third-order valence-corrected chi connectivity index (χ3v) is 5.25. The lowest BCUT2D eigenvalue weighted by Crippen LogP contribution is -2.69. The predicted octanol–water partition coefficient (Wildman–Crippen LogP) is 2.80. The maximum absolute atomic E-state index is 10.2. The highest BCUT2D eigenvalue weighted by atomic mass is 16.3. The van der Waals surface area contributed by atoms with Gasteiger partial charge in [0.1, 0.15) is 0 Å². The Morgan fingerprint density at radius 1 is 0.938 bits per heavy atom. The van der Waals surface area contributed by atoms with Crippen molar-refractivity contribution in [3.63, 3.8) is 0 Å². The second-order valence-corrected chi connectivity index (χ2v) is 7.03. The van der Waals surface area contributed by atoms with Crippen LogP contribution in [0.5, 0.6) is 0 Å². The summed E-state index contributed by atoms with van der Waals surface area (Å²) in [5, 5.41) is 10.2. The molecule has 2 aliphatic rings. The smallest absolute Gasteiger partial charge is 0.0769 e.